The Labute approximate surface area is 132 Å². The summed E-state index contributed by atoms with van der Waals surface area (Å²) in [6, 6.07) is 2.16. The Morgan fingerprint density at radius 2 is 1.86 bits per heavy atom. The molecule has 2 aliphatic rings. The molecule has 1 saturated carbocycles. The highest BCUT2D eigenvalue weighted by Gasteiger charge is 2.39. The monoisotopic (exact) mass is 295 g/mol. The fourth-order valence-corrected chi connectivity index (χ4v) is 4.39. The van der Waals surface area contributed by atoms with Gasteiger partial charge in [0.1, 0.15) is 0 Å². The summed E-state index contributed by atoms with van der Waals surface area (Å²) in [5.41, 5.74) is 0.452. The third kappa shape index (κ3) is 4.00. The quantitative estimate of drug-likeness (QED) is 0.864. The summed E-state index contributed by atoms with van der Waals surface area (Å²) in [4.78, 5) is 5.35. The molecule has 124 valence electrons. The van der Waals surface area contributed by atoms with Crippen LogP contribution in [0, 0.1) is 11.3 Å². The van der Waals surface area contributed by atoms with E-state index in [2.05, 4.69) is 56.9 Å². The summed E-state index contributed by atoms with van der Waals surface area (Å²) < 4.78 is 0. The van der Waals surface area contributed by atoms with Crippen LogP contribution < -0.4 is 5.32 Å². The lowest BCUT2D eigenvalue weighted by atomic mass is 9.69. The van der Waals surface area contributed by atoms with Crippen LogP contribution in [-0.4, -0.2) is 61.7 Å². The molecule has 3 heteroatoms. The van der Waals surface area contributed by atoms with Crippen LogP contribution in [0.2, 0.25) is 0 Å². The molecule has 0 radical (unpaired) electrons. The van der Waals surface area contributed by atoms with Crippen LogP contribution in [0.25, 0.3) is 0 Å². The van der Waals surface area contributed by atoms with Gasteiger partial charge in [0.2, 0.25) is 0 Å². The van der Waals surface area contributed by atoms with Gasteiger partial charge in [0.15, 0.2) is 0 Å². The molecule has 2 fully saturated rings. The average molecular weight is 296 g/mol. The van der Waals surface area contributed by atoms with Gasteiger partial charge < -0.3 is 10.2 Å². The van der Waals surface area contributed by atoms with Gasteiger partial charge >= 0.3 is 0 Å². The molecular formula is C18H37N3. The minimum Gasteiger partial charge on any atom is -0.315 e. The van der Waals surface area contributed by atoms with Crippen LogP contribution in [0.1, 0.15) is 53.4 Å². The number of rotatable bonds is 3. The molecule has 0 aromatic carbocycles. The Kier molecular flexibility index (Phi) is 5.72. The van der Waals surface area contributed by atoms with Crippen LogP contribution >= 0.6 is 0 Å². The lowest BCUT2D eigenvalue weighted by Crippen LogP contribution is -2.60. The number of hydrogen-bond acceptors (Lipinski definition) is 3. The molecule has 0 bridgehead atoms. The second-order valence-electron chi connectivity index (χ2n) is 8.38. The maximum absolute atomic E-state index is 3.61. The molecule has 0 amide bonds. The normalized spacial score (nSPS) is 36.9. The van der Waals surface area contributed by atoms with Gasteiger partial charge in [0.25, 0.3) is 0 Å². The maximum atomic E-state index is 3.61. The summed E-state index contributed by atoms with van der Waals surface area (Å²) in [6.45, 7) is 13.3. The molecule has 21 heavy (non-hydrogen) atoms. The Bertz CT molecular complexity index is 323. The van der Waals surface area contributed by atoms with Crippen molar-refractivity contribution in [1.29, 1.82) is 0 Å². The molecular weight excluding hydrogens is 258 g/mol. The molecule has 2 rings (SSSR count). The molecule has 4 atom stereocenters. The lowest BCUT2D eigenvalue weighted by Gasteiger charge is -2.50. The van der Waals surface area contributed by atoms with Crippen LogP contribution in [0.3, 0.4) is 0 Å². The fraction of sp³-hybridized carbons (Fsp3) is 1.00. The molecule has 0 aromatic rings. The van der Waals surface area contributed by atoms with E-state index in [1.54, 1.807) is 0 Å². The van der Waals surface area contributed by atoms with Gasteiger partial charge in [-0.05, 0) is 51.1 Å². The zero-order valence-electron chi connectivity index (χ0n) is 15.2. The van der Waals surface area contributed by atoms with E-state index in [0.717, 1.165) is 18.0 Å². The standard InChI is InChI=1S/C18H37N3/c1-7-15-13-21(11-10-20(15)6)17-12-14(18(2,3)4)8-9-16(17)19-5/h14-17,19H,7-13H2,1-6H3. The van der Waals surface area contributed by atoms with Crippen LogP contribution in [0.5, 0.6) is 0 Å². The van der Waals surface area contributed by atoms with Crippen molar-refractivity contribution < 1.29 is 0 Å². The minimum atomic E-state index is 0.452. The number of piperazine rings is 1. The van der Waals surface area contributed by atoms with Crippen molar-refractivity contribution in [2.24, 2.45) is 11.3 Å². The summed E-state index contributed by atoms with van der Waals surface area (Å²) in [7, 11) is 4.45. The lowest BCUT2D eigenvalue weighted by molar-refractivity contribution is 0.0106. The molecule has 1 N–H and O–H groups in total. The first kappa shape index (κ1) is 17.2. The van der Waals surface area contributed by atoms with E-state index in [0.29, 0.717) is 11.5 Å². The average Bonchev–Trinajstić information content (AvgIpc) is 2.46. The largest absolute Gasteiger partial charge is 0.315 e. The number of hydrogen-bond donors (Lipinski definition) is 1. The number of nitrogens with zero attached hydrogens (tertiary/aromatic N) is 2. The molecule has 1 heterocycles. The SMILES string of the molecule is CCC1CN(C2CC(C(C)(C)C)CCC2NC)CCN1C. The number of nitrogens with one attached hydrogen (secondary N) is 1. The summed E-state index contributed by atoms with van der Waals surface area (Å²) >= 11 is 0. The van der Waals surface area contributed by atoms with Crippen LogP contribution in [0.4, 0.5) is 0 Å². The van der Waals surface area contributed by atoms with Gasteiger partial charge in [0.05, 0.1) is 0 Å². The van der Waals surface area contributed by atoms with Gasteiger partial charge in [0, 0.05) is 37.8 Å². The molecule has 0 aromatic heterocycles. The van der Waals surface area contributed by atoms with E-state index in [1.165, 1.54) is 45.3 Å². The molecule has 1 aliphatic carbocycles. The first-order valence-corrected chi connectivity index (χ1v) is 8.98. The topological polar surface area (TPSA) is 18.5 Å². The smallest absolute Gasteiger partial charge is 0.0253 e. The van der Waals surface area contributed by atoms with E-state index < -0.39 is 0 Å². The van der Waals surface area contributed by atoms with Crippen molar-refractivity contribution in [2.45, 2.75) is 71.5 Å². The van der Waals surface area contributed by atoms with Crippen molar-refractivity contribution in [3.8, 4) is 0 Å². The zero-order chi connectivity index (χ0) is 15.6. The Morgan fingerprint density at radius 3 is 2.43 bits per heavy atom. The first-order valence-electron chi connectivity index (χ1n) is 8.98. The van der Waals surface area contributed by atoms with Crippen molar-refractivity contribution in [3.63, 3.8) is 0 Å². The highest BCUT2D eigenvalue weighted by Crippen LogP contribution is 2.39. The highest BCUT2D eigenvalue weighted by molar-refractivity contribution is 4.96. The highest BCUT2D eigenvalue weighted by atomic mass is 15.3. The molecule has 1 aliphatic heterocycles. The van der Waals surface area contributed by atoms with Crippen molar-refractivity contribution in [3.05, 3.63) is 0 Å². The second-order valence-corrected chi connectivity index (χ2v) is 8.38. The van der Waals surface area contributed by atoms with E-state index in [4.69, 9.17) is 0 Å². The molecule has 3 nitrogen and oxygen atoms in total. The van der Waals surface area contributed by atoms with E-state index in [9.17, 15) is 0 Å². The van der Waals surface area contributed by atoms with E-state index in [-0.39, 0.29) is 0 Å². The third-order valence-corrected chi connectivity index (χ3v) is 6.16. The summed E-state index contributed by atoms with van der Waals surface area (Å²) in [6.07, 6.45) is 5.37. The third-order valence-electron chi connectivity index (χ3n) is 6.16. The fourth-order valence-electron chi connectivity index (χ4n) is 4.39. The molecule has 1 saturated heterocycles. The molecule has 0 spiro atoms. The number of likely N-dealkylation sites (N-methyl/N-ethyl adjacent to an activating group) is 2. The van der Waals surface area contributed by atoms with Gasteiger partial charge in [-0.15, -0.1) is 0 Å². The van der Waals surface area contributed by atoms with Crippen molar-refractivity contribution >= 4 is 0 Å². The predicted molar refractivity (Wildman–Crippen MR) is 91.7 cm³/mol. The van der Waals surface area contributed by atoms with E-state index in [1.807, 2.05) is 0 Å². The zero-order valence-corrected chi connectivity index (χ0v) is 15.2. The Balaban J connectivity index is 2.06. The van der Waals surface area contributed by atoms with Crippen LogP contribution in [-0.2, 0) is 0 Å². The van der Waals surface area contributed by atoms with Gasteiger partial charge in [-0.1, -0.05) is 27.7 Å². The second kappa shape index (κ2) is 6.97. The first-order chi connectivity index (χ1) is 9.86. The van der Waals surface area contributed by atoms with Crippen LogP contribution in [0.15, 0.2) is 0 Å². The van der Waals surface area contributed by atoms with Crippen molar-refractivity contribution in [2.75, 3.05) is 33.7 Å². The summed E-state index contributed by atoms with van der Waals surface area (Å²) in [5, 5.41) is 3.61. The van der Waals surface area contributed by atoms with Gasteiger partial charge in [-0.3, -0.25) is 4.90 Å². The minimum absolute atomic E-state index is 0.452. The van der Waals surface area contributed by atoms with Gasteiger partial charge in [-0.2, -0.15) is 0 Å². The van der Waals surface area contributed by atoms with Crippen molar-refractivity contribution in [1.82, 2.24) is 15.1 Å². The predicted octanol–water partition coefficient (Wildman–Crippen LogP) is 2.82. The van der Waals surface area contributed by atoms with E-state index >= 15 is 0 Å². The van der Waals surface area contributed by atoms with Gasteiger partial charge in [-0.25, -0.2) is 0 Å². The summed E-state index contributed by atoms with van der Waals surface area (Å²) in [5.74, 6) is 0.867. The Morgan fingerprint density at radius 1 is 1.14 bits per heavy atom. The maximum Gasteiger partial charge on any atom is 0.0253 e. The molecule has 4 unspecified atom stereocenters. The Hall–Kier alpha value is -0.120.